The first kappa shape index (κ1) is 13.6. The van der Waals surface area contributed by atoms with Crippen LogP contribution in [-0.4, -0.2) is 19.5 Å². The molecule has 3 nitrogen and oxygen atoms in total. The highest BCUT2D eigenvalue weighted by Crippen LogP contribution is 2.14. The first-order chi connectivity index (χ1) is 8.19. The van der Waals surface area contributed by atoms with E-state index in [-0.39, 0.29) is 5.91 Å². The molecule has 0 aliphatic rings. The fourth-order valence-electron chi connectivity index (χ4n) is 1.75. The highest BCUT2D eigenvalue weighted by Gasteiger charge is 2.08. The van der Waals surface area contributed by atoms with E-state index in [4.69, 9.17) is 0 Å². The van der Waals surface area contributed by atoms with Gasteiger partial charge in [-0.1, -0.05) is 19.8 Å². The van der Waals surface area contributed by atoms with Crippen molar-refractivity contribution in [1.29, 1.82) is 0 Å². The van der Waals surface area contributed by atoms with E-state index in [0.717, 1.165) is 36.2 Å². The van der Waals surface area contributed by atoms with Crippen molar-refractivity contribution >= 4 is 11.6 Å². The summed E-state index contributed by atoms with van der Waals surface area (Å²) in [7, 11) is 1.87. The van der Waals surface area contributed by atoms with Gasteiger partial charge in [-0.25, -0.2) is 0 Å². The highest BCUT2D eigenvalue weighted by atomic mass is 16.1. The summed E-state index contributed by atoms with van der Waals surface area (Å²) in [5.74, 6) is 0.0289. The summed E-state index contributed by atoms with van der Waals surface area (Å²) in [5.41, 5.74) is 2.80. The predicted octanol–water partition coefficient (Wildman–Crippen LogP) is 2.96. The van der Waals surface area contributed by atoms with Crippen LogP contribution in [0.2, 0.25) is 0 Å². The number of nitrogens with one attached hydrogen (secondary N) is 2. The summed E-state index contributed by atoms with van der Waals surface area (Å²) in [6, 6.07) is 5.78. The number of hydrogen-bond donors (Lipinski definition) is 2. The molecule has 17 heavy (non-hydrogen) atoms. The van der Waals surface area contributed by atoms with E-state index >= 15 is 0 Å². The molecule has 2 N–H and O–H groups in total. The second kappa shape index (κ2) is 6.94. The van der Waals surface area contributed by atoms with Crippen LogP contribution in [0.15, 0.2) is 18.2 Å². The van der Waals surface area contributed by atoms with Crippen molar-refractivity contribution in [3.63, 3.8) is 0 Å². The first-order valence-electron chi connectivity index (χ1n) is 6.25. The molecule has 0 radical (unpaired) electrons. The minimum Gasteiger partial charge on any atom is -0.388 e. The Morgan fingerprint density at radius 2 is 2.06 bits per heavy atom. The zero-order chi connectivity index (χ0) is 12.7. The van der Waals surface area contributed by atoms with Crippen LogP contribution in [0.25, 0.3) is 0 Å². The second-order valence-electron chi connectivity index (χ2n) is 4.24. The molecule has 1 amide bonds. The van der Waals surface area contributed by atoms with Gasteiger partial charge in [-0.3, -0.25) is 4.79 Å². The van der Waals surface area contributed by atoms with Gasteiger partial charge in [0.1, 0.15) is 0 Å². The van der Waals surface area contributed by atoms with E-state index in [1.165, 1.54) is 6.42 Å². The van der Waals surface area contributed by atoms with E-state index in [2.05, 4.69) is 17.6 Å². The number of aryl methyl sites for hydroxylation is 1. The third kappa shape index (κ3) is 4.10. The van der Waals surface area contributed by atoms with Gasteiger partial charge in [0.2, 0.25) is 0 Å². The van der Waals surface area contributed by atoms with Crippen LogP contribution in [0.3, 0.4) is 0 Å². The number of carbonyl (C=O) groups is 1. The maximum atomic E-state index is 11.9. The third-order valence-electron chi connectivity index (χ3n) is 2.83. The lowest BCUT2D eigenvalue weighted by Crippen LogP contribution is -2.25. The monoisotopic (exact) mass is 234 g/mol. The van der Waals surface area contributed by atoms with E-state index in [1.807, 2.05) is 32.2 Å². The first-order valence-corrected chi connectivity index (χ1v) is 6.25. The quantitative estimate of drug-likeness (QED) is 0.743. The summed E-state index contributed by atoms with van der Waals surface area (Å²) in [5, 5.41) is 6.01. The molecule has 3 heteroatoms. The van der Waals surface area contributed by atoms with Crippen LogP contribution in [0, 0.1) is 6.92 Å². The largest absolute Gasteiger partial charge is 0.388 e. The molecule has 0 fully saturated rings. The summed E-state index contributed by atoms with van der Waals surface area (Å²) >= 11 is 0. The summed E-state index contributed by atoms with van der Waals surface area (Å²) in [6.45, 7) is 4.88. The Bertz CT molecular complexity index is 374. The van der Waals surface area contributed by atoms with Gasteiger partial charge < -0.3 is 10.6 Å². The van der Waals surface area contributed by atoms with Crippen molar-refractivity contribution in [2.45, 2.75) is 33.1 Å². The Balaban J connectivity index is 2.57. The van der Waals surface area contributed by atoms with Crippen LogP contribution in [0.4, 0.5) is 5.69 Å². The molecule has 0 atom stereocenters. The van der Waals surface area contributed by atoms with E-state index in [1.54, 1.807) is 0 Å². The summed E-state index contributed by atoms with van der Waals surface area (Å²) < 4.78 is 0. The zero-order valence-corrected chi connectivity index (χ0v) is 11.0. The standard InChI is InChI=1S/C14H22N2O/c1-4-5-6-9-16-14(17)13-8-7-12(15-3)10-11(13)2/h7-8,10,15H,4-6,9H2,1-3H3,(H,16,17). The molecular formula is C14H22N2O. The van der Waals surface area contributed by atoms with Gasteiger partial charge in [0.15, 0.2) is 0 Å². The molecule has 0 saturated carbocycles. The van der Waals surface area contributed by atoms with E-state index < -0.39 is 0 Å². The molecule has 0 spiro atoms. The molecule has 1 rings (SSSR count). The lowest BCUT2D eigenvalue weighted by molar-refractivity contribution is 0.0952. The molecule has 94 valence electrons. The maximum absolute atomic E-state index is 11.9. The number of amides is 1. The van der Waals surface area contributed by atoms with E-state index in [0.29, 0.717) is 0 Å². The predicted molar refractivity (Wildman–Crippen MR) is 72.6 cm³/mol. The Kier molecular flexibility index (Phi) is 5.53. The van der Waals surface area contributed by atoms with Crippen molar-refractivity contribution < 1.29 is 4.79 Å². The Morgan fingerprint density at radius 3 is 2.65 bits per heavy atom. The minimum atomic E-state index is 0.0289. The number of rotatable bonds is 6. The zero-order valence-electron chi connectivity index (χ0n) is 11.0. The van der Waals surface area contributed by atoms with Gasteiger partial charge in [0, 0.05) is 24.8 Å². The number of benzene rings is 1. The maximum Gasteiger partial charge on any atom is 0.251 e. The van der Waals surface area contributed by atoms with Crippen LogP contribution >= 0.6 is 0 Å². The topological polar surface area (TPSA) is 41.1 Å². The molecule has 0 saturated heterocycles. The molecule has 0 aliphatic heterocycles. The Labute approximate surface area is 104 Å². The number of hydrogen-bond acceptors (Lipinski definition) is 2. The Morgan fingerprint density at radius 1 is 1.29 bits per heavy atom. The SMILES string of the molecule is CCCCCNC(=O)c1ccc(NC)cc1C. The van der Waals surface area contributed by atoms with Crippen molar-refractivity contribution in [3.05, 3.63) is 29.3 Å². The number of carbonyl (C=O) groups excluding carboxylic acids is 1. The average molecular weight is 234 g/mol. The molecule has 0 aliphatic carbocycles. The van der Waals surface area contributed by atoms with Gasteiger partial charge in [0.25, 0.3) is 5.91 Å². The fourth-order valence-corrected chi connectivity index (χ4v) is 1.75. The molecule has 0 aromatic heterocycles. The molecule has 1 aromatic rings. The minimum absolute atomic E-state index is 0.0289. The molecule has 1 aromatic carbocycles. The number of anilines is 1. The van der Waals surface area contributed by atoms with Gasteiger partial charge in [-0.15, -0.1) is 0 Å². The third-order valence-corrected chi connectivity index (χ3v) is 2.83. The van der Waals surface area contributed by atoms with Gasteiger partial charge in [-0.2, -0.15) is 0 Å². The van der Waals surface area contributed by atoms with Crippen LogP contribution in [0.1, 0.15) is 42.1 Å². The smallest absolute Gasteiger partial charge is 0.251 e. The lowest BCUT2D eigenvalue weighted by Gasteiger charge is -2.09. The van der Waals surface area contributed by atoms with Crippen LogP contribution in [-0.2, 0) is 0 Å². The number of unbranched alkanes of at least 4 members (excludes halogenated alkanes) is 2. The molecule has 0 heterocycles. The summed E-state index contributed by atoms with van der Waals surface area (Å²) in [6.07, 6.45) is 3.39. The highest BCUT2D eigenvalue weighted by molar-refractivity contribution is 5.96. The fraction of sp³-hybridized carbons (Fsp3) is 0.500. The van der Waals surface area contributed by atoms with Gasteiger partial charge >= 0.3 is 0 Å². The normalized spacial score (nSPS) is 10.1. The second-order valence-corrected chi connectivity index (χ2v) is 4.24. The molecular weight excluding hydrogens is 212 g/mol. The van der Waals surface area contributed by atoms with Gasteiger partial charge in [-0.05, 0) is 37.1 Å². The van der Waals surface area contributed by atoms with Crippen molar-refractivity contribution in [2.24, 2.45) is 0 Å². The Hall–Kier alpha value is -1.51. The van der Waals surface area contributed by atoms with Crippen molar-refractivity contribution in [3.8, 4) is 0 Å². The van der Waals surface area contributed by atoms with Crippen molar-refractivity contribution in [2.75, 3.05) is 18.9 Å². The van der Waals surface area contributed by atoms with Gasteiger partial charge in [0.05, 0.1) is 0 Å². The average Bonchev–Trinajstić information content (AvgIpc) is 2.34. The van der Waals surface area contributed by atoms with Crippen LogP contribution < -0.4 is 10.6 Å². The molecule has 0 unspecified atom stereocenters. The lowest BCUT2D eigenvalue weighted by atomic mass is 10.1. The van der Waals surface area contributed by atoms with Crippen molar-refractivity contribution in [1.82, 2.24) is 5.32 Å². The van der Waals surface area contributed by atoms with E-state index in [9.17, 15) is 4.79 Å². The summed E-state index contributed by atoms with van der Waals surface area (Å²) in [4.78, 5) is 11.9. The van der Waals surface area contributed by atoms with Crippen LogP contribution in [0.5, 0.6) is 0 Å². The molecule has 0 bridgehead atoms.